The molecule has 0 bridgehead atoms. The highest BCUT2D eigenvalue weighted by molar-refractivity contribution is 5.51. The zero-order valence-corrected chi connectivity index (χ0v) is 11.7. The number of hydrogen-bond acceptors (Lipinski definition) is 2. The van der Waals surface area contributed by atoms with Crippen LogP contribution in [0.15, 0.2) is 12.1 Å². The van der Waals surface area contributed by atoms with Crippen molar-refractivity contribution in [3.63, 3.8) is 0 Å². The first-order valence-corrected chi connectivity index (χ1v) is 7.03. The average Bonchev–Trinajstić information content (AvgIpc) is 3.12. The zero-order chi connectivity index (χ0) is 13.8. The largest absolute Gasteiger partial charge is 0.367 e. The summed E-state index contributed by atoms with van der Waals surface area (Å²) in [4.78, 5) is 1.87. The average molecular weight is 268 g/mol. The minimum atomic E-state index is -0.445. The van der Waals surface area contributed by atoms with Gasteiger partial charge in [-0.05, 0) is 49.9 Å². The Bertz CT molecular complexity index is 407. The minimum Gasteiger partial charge on any atom is -0.367 e. The Kier molecular flexibility index (Phi) is 4.75. The van der Waals surface area contributed by atoms with Gasteiger partial charge in [-0.1, -0.05) is 6.92 Å². The van der Waals surface area contributed by atoms with E-state index >= 15 is 0 Å². The van der Waals surface area contributed by atoms with Crippen LogP contribution in [0, 0.1) is 17.6 Å². The fraction of sp³-hybridized carbons (Fsp3) is 0.600. The van der Waals surface area contributed by atoms with E-state index in [-0.39, 0.29) is 5.69 Å². The molecular weight excluding hydrogens is 246 g/mol. The highest BCUT2D eigenvalue weighted by atomic mass is 19.1. The van der Waals surface area contributed by atoms with Gasteiger partial charge in [0.15, 0.2) is 0 Å². The summed E-state index contributed by atoms with van der Waals surface area (Å²) in [6, 6.07) is 2.87. The lowest BCUT2D eigenvalue weighted by Gasteiger charge is -2.25. The fourth-order valence-electron chi connectivity index (χ4n) is 2.40. The number of halogens is 2. The van der Waals surface area contributed by atoms with E-state index in [0.29, 0.717) is 24.6 Å². The van der Waals surface area contributed by atoms with Crippen molar-refractivity contribution in [1.82, 2.24) is 5.32 Å². The molecular formula is C15H22F2N2. The quantitative estimate of drug-likeness (QED) is 0.816. The van der Waals surface area contributed by atoms with Gasteiger partial charge in [0.25, 0.3) is 0 Å². The molecule has 4 heteroatoms. The predicted molar refractivity (Wildman–Crippen MR) is 74.3 cm³/mol. The third kappa shape index (κ3) is 3.66. The molecule has 0 amide bonds. The SMILES string of the molecule is CCCN(CC1CC1)c1c(F)cc(CNC)cc1F. The Hall–Kier alpha value is -1.16. The van der Waals surface area contributed by atoms with Crippen LogP contribution in [0.2, 0.25) is 0 Å². The third-order valence-electron chi connectivity index (χ3n) is 3.44. The molecule has 1 aromatic rings. The molecule has 106 valence electrons. The van der Waals surface area contributed by atoms with Crippen LogP contribution in [0.1, 0.15) is 31.7 Å². The van der Waals surface area contributed by atoms with Crippen molar-refractivity contribution < 1.29 is 8.78 Å². The van der Waals surface area contributed by atoms with Crippen LogP contribution in [-0.4, -0.2) is 20.1 Å². The second-order valence-corrected chi connectivity index (χ2v) is 5.33. The molecule has 0 aromatic heterocycles. The van der Waals surface area contributed by atoms with Crippen molar-refractivity contribution in [2.45, 2.75) is 32.7 Å². The Morgan fingerprint density at radius 3 is 2.37 bits per heavy atom. The van der Waals surface area contributed by atoms with E-state index in [4.69, 9.17) is 0 Å². The smallest absolute Gasteiger partial charge is 0.149 e. The maximum Gasteiger partial charge on any atom is 0.149 e. The van der Waals surface area contributed by atoms with E-state index in [2.05, 4.69) is 5.32 Å². The third-order valence-corrected chi connectivity index (χ3v) is 3.44. The van der Waals surface area contributed by atoms with Gasteiger partial charge < -0.3 is 10.2 Å². The lowest BCUT2D eigenvalue weighted by Crippen LogP contribution is -2.28. The van der Waals surface area contributed by atoms with Crippen molar-refractivity contribution >= 4 is 5.69 Å². The van der Waals surface area contributed by atoms with Crippen LogP contribution in [0.3, 0.4) is 0 Å². The molecule has 0 aliphatic heterocycles. The van der Waals surface area contributed by atoms with Gasteiger partial charge in [0, 0.05) is 19.6 Å². The molecule has 1 fully saturated rings. The fourth-order valence-corrected chi connectivity index (χ4v) is 2.40. The molecule has 0 atom stereocenters. The van der Waals surface area contributed by atoms with E-state index in [1.807, 2.05) is 11.8 Å². The molecule has 0 heterocycles. The highest BCUT2D eigenvalue weighted by Crippen LogP contribution is 2.33. The number of nitrogens with zero attached hydrogens (tertiary/aromatic N) is 1. The first kappa shape index (κ1) is 14.3. The molecule has 1 N–H and O–H groups in total. The van der Waals surface area contributed by atoms with Gasteiger partial charge >= 0.3 is 0 Å². The molecule has 1 aliphatic carbocycles. The van der Waals surface area contributed by atoms with Gasteiger partial charge in [0.05, 0.1) is 0 Å². The first-order chi connectivity index (χ1) is 9.15. The summed E-state index contributed by atoms with van der Waals surface area (Å²) in [5.74, 6) is -0.277. The van der Waals surface area contributed by atoms with Crippen molar-refractivity contribution in [3.8, 4) is 0 Å². The Labute approximate surface area is 113 Å². The van der Waals surface area contributed by atoms with Crippen LogP contribution in [-0.2, 0) is 6.54 Å². The molecule has 0 unspecified atom stereocenters. The summed E-state index contributed by atoms with van der Waals surface area (Å²) < 4.78 is 28.3. The van der Waals surface area contributed by atoms with Gasteiger partial charge in [-0.3, -0.25) is 0 Å². The summed E-state index contributed by atoms with van der Waals surface area (Å²) in [5, 5.41) is 2.91. The molecule has 2 rings (SSSR count). The van der Waals surface area contributed by atoms with Crippen LogP contribution in [0.25, 0.3) is 0 Å². The second kappa shape index (κ2) is 6.33. The van der Waals surface area contributed by atoms with Gasteiger partial charge in [-0.25, -0.2) is 8.78 Å². The number of benzene rings is 1. The molecule has 1 saturated carbocycles. The lowest BCUT2D eigenvalue weighted by atomic mass is 10.1. The Balaban J connectivity index is 2.24. The monoisotopic (exact) mass is 268 g/mol. The maximum absolute atomic E-state index is 14.2. The second-order valence-electron chi connectivity index (χ2n) is 5.33. The number of nitrogens with one attached hydrogen (secondary N) is 1. The van der Waals surface area contributed by atoms with E-state index in [0.717, 1.165) is 13.0 Å². The van der Waals surface area contributed by atoms with Crippen LogP contribution in [0.4, 0.5) is 14.5 Å². The van der Waals surface area contributed by atoms with E-state index in [1.165, 1.54) is 25.0 Å². The van der Waals surface area contributed by atoms with E-state index in [9.17, 15) is 8.78 Å². The molecule has 0 radical (unpaired) electrons. The van der Waals surface area contributed by atoms with Crippen molar-refractivity contribution in [1.29, 1.82) is 0 Å². The topological polar surface area (TPSA) is 15.3 Å². The summed E-state index contributed by atoms with van der Waals surface area (Å²) >= 11 is 0. The Morgan fingerprint density at radius 1 is 1.26 bits per heavy atom. The van der Waals surface area contributed by atoms with Crippen LogP contribution in [0.5, 0.6) is 0 Å². The maximum atomic E-state index is 14.2. The Morgan fingerprint density at radius 2 is 1.89 bits per heavy atom. The summed E-state index contributed by atoms with van der Waals surface area (Å²) in [6.45, 7) is 3.98. The lowest BCUT2D eigenvalue weighted by molar-refractivity contribution is 0.559. The van der Waals surface area contributed by atoms with E-state index < -0.39 is 11.6 Å². The molecule has 19 heavy (non-hydrogen) atoms. The molecule has 0 saturated heterocycles. The normalized spacial score (nSPS) is 14.7. The molecule has 0 spiro atoms. The van der Waals surface area contributed by atoms with Crippen LogP contribution < -0.4 is 10.2 Å². The predicted octanol–water partition coefficient (Wildman–Crippen LogP) is 3.31. The van der Waals surface area contributed by atoms with Crippen molar-refractivity contribution in [2.75, 3.05) is 25.0 Å². The highest BCUT2D eigenvalue weighted by Gasteiger charge is 2.27. The summed E-state index contributed by atoms with van der Waals surface area (Å²) in [6.07, 6.45) is 3.26. The molecule has 1 aliphatic rings. The summed E-state index contributed by atoms with van der Waals surface area (Å²) in [5.41, 5.74) is 0.790. The van der Waals surface area contributed by atoms with Crippen LogP contribution >= 0.6 is 0 Å². The van der Waals surface area contributed by atoms with Gasteiger partial charge in [-0.15, -0.1) is 0 Å². The van der Waals surface area contributed by atoms with Crippen molar-refractivity contribution in [2.24, 2.45) is 5.92 Å². The van der Waals surface area contributed by atoms with Gasteiger partial charge in [-0.2, -0.15) is 0 Å². The molecule has 1 aromatic carbocycles. The standard InChI is InChI=1S/C15H22F2N2/c1-3-6-19(10-11-4-5-11)15-13(16)7-12(9-18-2)8-14(15)17/h7-8,11,18H,3-6,9-10H2,1-2H3. The summed E-state index contributed by atoms with van der Waals surface area (Å²) in [7, 11) is 1.76. The van der Waals surface area contributed by atoms with E-state index in [1.54, 1.807) is 7.05 Å². The van der Waals surface area contributed by atoms with Crippen molar-refractivity contribution in [3.05, 3.63) is 29.3 Å². The molecule has 2 nitrogen and oxygen atoms in total. The number of hydrogen-bond donors (Lipinski definition) is 1. The zero-order valence-electron chi connectivity index (χ0n) is 11.7. The number of rotatable bonds is 7. The minimum absolute atomic E-state index is 0.147. The van der Waals surface area contributed by atoms with Gasteiger partial charge in [0.2, 0.25) is 0 Å². The first-order valence-electron chi connectivity index (χ1n) is 7.03. The number of anilines is 1. The van der Waals surface area contributed by atoms with Gasteiger partial charge in [0.1, 0.15) is 17.3 Å².